The lowest BCUT2D eigenvalue weighted by Crippen LogP contribution is -2.09. The summed E-state index contributed by atoms with van der Waals surface area (Å²) in [5.74, 6) is 3.89. The molecule has 0 spiro atoms. The molecule has 0 aromatic rings. The Morgan fingerprint density at radius 3 is 1.82 bits per heavy atom. The third-order valence-electron chi connectivity index (χ3n) is 0.955. The Balaban J connectivity index is 0. The van der Waals surface area contributed by atoms with Crippen molar-refractivity contribution in [3.05, 3.63) is 12.2 Å². The first-order valence-electron chi connectivity index (χ1n) is 3.66. The molecule has 2 N–H and O–H groups in total. The first-order valence-corrected chi connectivity index (χ1v) is 3.66. The van der Waals surface area contributed by atoms with Crippen molar-refractivity contribution in [1.82, 2.24) is 0 Å². The van der Waals surface area contributed by atoms with Crippen molar-refractivity contribution in [2.75, 3.05) is 0 Å². The second kappa shape index (κ2) is 9.17. The summed E-state index contributed by atoms with van der Waals surface area (Å²) in [6.07, 6.45) is 2.64. The highest BCUT2D eigenvalue weighted by atomic mass is 16.7. The molecule has 0 aliphatic heterocycles. The second-order valence-corrected chi connectivity index (χ2v) is 2.19. The number of hydrogen-bond acceptors (Lipinski definition) is 3. The highest BCUT2D eigenvalue weighted by molar-refractivity contribution is 5.86. The van der Waals surface area contributed by atoms with Gasteiger partial charge in [-0.2, -0.15) is 5.90 Å². The van der Waals surface area contributed by atoms with Gasteiger partial charge in [0.1, 0.15) is 0 Å². The standard InChI is InChI=1S/C4H7NO2.C4H10/c1-3(2)4(6)7-5;1-3-4-2/h1,5H2,2H3;3-4H2,1-2H3. The largest absolute Gasteiger partial charge is 0.370 e. The number of nitrogens with two attached hydrogens (primary N) is 1. The minimum absolute atomic E-state index is 0.308. The average Bonchev–Trinajstić information content (AvgIpc) is 2.03. The van der Waals surface area contributed by atoms with Gasteiger partial charge >= 0.3 is 5.97 Å². The maximum Gasteiger partial charge on any atom is 0.351 e. The molecule has 3 nitrogen and oxygen atoms in total. The van der Waals surface area contributed by atoms with Crippen molar-refractivity contribution in [1.29, 1.82) is 0 Å². The van der Waals surface area contributed by atoms with E-state index in [2.05, 4.69) is 31.2 Å². The normalized spacial score (nSPS) is 7.64. The van der Waals surface area contributed by atoms with Crippen LogP contribution in [0.2, 0.25) is 0 Å². The summed E-state index contributed by atoms with van der Waals surface area (Å²) >= 11 is 0. The van der Waals surface area contributed by atoms with E-state index in [1.165, 1.54) is 19.8 Å². The molecular weight excluding hydrogens is 142 g/mol. The summed E-state index contributed by atoms with van der Waals surface area (Å²) in [4.78, 5) is 13.8. The molecule has 0 saturated heterocycles. The Labute approximate surface area is 68.2 Å². The molecule has 0 bridgehead atoms. The Morgan fingerprint density at radius 1 is 1.45 bits per heavy atom. The van der Waals surface area contributed by atoms with E-state index in [1.54, 1.807) is 0 Å². The molecule has 0 amide bonds. The third-order valence-corrected chi connectivity index (χ3v) is 0.955. The molecule has 0 rings (SSSR count). The molecule has 0 fully saturated rings. The number of rotatable bonds is 2. The minimum atomic E-state index is -0.569. The van der Waals surface area contributed by atoms with Crippen molar-refractivity contribution >= 4 is 5.97 Å². The van der Waals surface area contributed by atoms with Gasteiger partial charge in [-0.25, -0.2) is 4.79 Å². The average molecular weight is 159 g/mol. The van der Waals surface area contributed by atoms with E-state index in [1.807, 2.05) is 0 Å². The summed E-state index contributed by atoms with van der Waals surface area (Å²) in [6.45, 7) is 9.16. The van der Waals surface area contributed by atoms with Crippen molar-refractivity contribution in [2.24, 2.45) is 5.90 Å². The molecule has 0 heterocycles. The first-order chi connectivity index (χ1) is 5.09. The van der Waals surface area contributed by atoms with E-state index in [9.17, 15) is 4.79 Å². The van der Waals surface area contributed by atoms with Crippen LogP contribution in [0.15, 0.2) is 12.2 Å². The van der Waals surface area contributed by atoms with Crippen LogP contribution in [-0.4, -0.2) is 5.97 Å². The van der Waals surface area contributed by atoms with Crippen molar-refractivity contribution < 1.29 is 9.63 Å². The smallest absolute Gasteiger partial charge is 0.351 e. The van der Waals surface area contributed by atoms with Crippen LogP contribution in [0.5, 0.6) is 0 Å². The van der Waals surface area contributed by atoms with Gasteiger partial charge in [-0.15, -0.1) is 0 Å². The SMILES string of the molecule is C=C(C)C(=O)ON.CCCC. The summed E-state index contributed by atoms with van der Waals surface area (Å²) in [7, 11) is 0. The fourth-order valence-electron chi connectivity index (χ4n) is 0.101. The minimum Gasteiger partial charge on any atom is -0.370 e. The fourth-order valence-corrected chi connectivity index (χ4v) is 0.101. The number of hydrogen-bond donors (Lipinski definition) is 1. The van der Waals surface area contributed by atoms with Crippen LogP contribution in [-0.2, 0) is 9.63 Å². The van der Waals surface area contributed by atoms with Gasteiger partial charge in [-0.1, -0.05) is 33.3 Å². The van der Waals surface area contributed by atoms with Gasteiger partial charge in [0.05, 0.1) is 0 Å². The van der Waals surface area contributed by atoms with E-state index in [-0.39, 0.29) is 0 Å². The molecule has 0 atom stereocenters. The predicted molar refractivity (Wildman–Crippen MR) is 45.7 cm³/mol. The second-order valence-electron chi connectivity index (χ2n) is 2.19. The number of carbonyl (C=O) groups is 1. The van der Waals surface area contributed by atoms with Crippen LogP contribution in [0.1, 0.15) is 33.6 Å². The third kappa shape index (κ3) is 12.4. The molecule has 0 aliphatic carbocycles. The van der Waals surface area contributed by atoms with Crippen molar-refractivity contribution in [2.45, 2.75) is 33.6 Å². The van der Waals surface area contributed by atoms with Gasteiger partial charge < -0.3 is 4.84 Å². The van der Waals surface area contributed by atoms with Crippen LogP contribution in [0.3, 0.4) is 0 Å². The van der Waals surface area contributed by atoms with Gasteiger partial charge in [-0.05, 0) is 6.92 Å². The number of carbonyl (C=O) groups excluding carboxylic acids is 1. The van der Waals surface area contributed by atoms with Crippen LogP contribution < -0.4 is 5.90 Å². The maximum absolute atomic E-state index is 10.1. The quantitative estimate of drug-likeness (QED) is 0.493. The topological polar surface area (TPSA) is 52.3 Å². The predicted octanol–water partition coefficient (Wildman–Crippen LogP) is 1.79. The van der Waals surface area contributed by atoms with E-state index in [0.717, 1.165) is 0 Å². The van der Waals surface area contributed by atoms with Gasteiger partial charge in [0.25, 0.3) is 0 Å². The van der Waals surface area contributed by atoms with E-state index < -0.39 is 5.97 Å². The molecular formula is C8H17NO2. The van der Waals surface area contributed by atoms with Crippen LogP contribution in [0.25, 0.3) is 0 Å². The summed E-state index contributed by atoms with van der Waals surface area (Å²) in [5.41, 5.74) is 0.308. The highest BCUT2D eigenvalue weighted by Crippen LogP contribution is 1.85. The molecule has 66 valence electrons. The Kier molecular flexibility index (Phi) is 10.7. The first kappa shape index (κ1) is 12.8. The van der Waals surface area contributed by atoms with Crippen LogP contribution in [0.4, 0.5) is 0 Å². The van der Waals surface area contributed by atoms with Gasteiger partial charge in [0.2, 0.25) is 0 Å². The van der Waals surface area contributed by atoms with Crippen molar-refractivity contribution in [3.8, 4) is 0 Å². The van der Waals surface area contributed by atoms with Crippen LogP contribution >= 0.6 is 0 Å². The monoisotopic (exact) mass is 159 g/mol. The lowest BCUT2D eigenvalue weighted by Gasteiger charge is -1.90. The van der Waals surface area contributed by atoms with Gasteiger partial charge in [0.15, 0.2) is 0 Å². The lowest BCUT2D eigenvalue weighted by molar-refractivity contribution is -0.139. The molecule has 0 unspecified atom stereocenters. The summed E-state index contributed by atoms with van der Waals surface area (Å²) < 4.78 is 0. The van der Waals surface area contributed by atoms with E-state index in [0.29, 0.717) is 5.57 Å². The zero-order valence-electron chi connectivity index (χ0n) is 7.52. The molecule has 3 heteroatoms. The summed E-state index contributed by atoms with van der Waals surface area (Å²) in [6, 6.07) is 0. The maximum atomic E-state index is 10.1. The fraction of sp³-hybridized carbons (Fsp3) is 0.625. The van der Waals surface area contributed by atoms with E-state index in [4.69, 9.17) is 0 Å². The molecule has 0 aromatic heterocycles. The zero-order valence-corrected chi connectivity index (χ0v) is 7.52. The molecule has 0 aromatic carbocycles. The number of unbranched alkanes of at least 4 members (excludes halogenated alkanes) is 1. The van der Waals surface area contributed by atoms with Gasteiger partial charge in [-0.3, -0.25) is 0 Å². The Morgan fingerprint density at radius 2 is 1.82 bits per heavy atom. The van der Waals surface area contributed by atoms with E-state index >= 15 is 0 Å². The molecule has 0 aliphatic rings. The molecule has 0 radical (unpaired) electrons. The van der Waals surface area contributed by atoms with Gasteiger partial charge in [0, 0.05) is 5.57 Å². The molecule has 11 heavy (non-hydrogen) atoms. The van der Waals surface area contributed by atoms with Crippen LogP contribution in [0, 0.1) is 0 Å². The Bertz CT molecular complexity index is 119. The summed E-state index contributed by atoms with van der Waals surface area (Å²) in [5, 5.41) is 0. The highest BCUT2D eigenvalue weighted by Gasteiger charge is 1.96. The molecule has 0 saturated carbocycles. The van der Waals surface area contributed by atoms with Crippen molar-refractivity contribution in [3.63, 3.8) is 0 Å². The Hall–Kier alpha value is -0.830. The lowest BCUT2D eigenvalue weighted by atomic mass is 10.4. The zero-order chi connectivity index (χ0) is 9.28.